The van der Waals surface area contributed by atoms with E-state index in [4.69, 9.17) is 9.47 Å². The third-order valence-corrected chi connectivity index (χ3v) is 9.60. The van der Waals surface area contributed by atoms with Crippen molar-refractivity contribution < 1.29 is 34.4 Å². The van der Waals surface area contributed by atoms with E-state index in [2.05, 4.69) is 5.32 Å². The summed E-state index contributed by atoms with van der Waals surface area (Å²) in [6.07, 6.45) is 0.249. The smallest absolute Gasteiger partial charge is 0.244 e. The van der Waals surface area contributed by atoms with Crippen LogP contribution in [-0.4, -0.2) is 92.9 Å². The first-order valence-electron chi connectivity index (χ1n) is 11.7. The Morgan fingerprint density at radius 2 is 1.85 bits per heavy atom. The maximum atomic E-state index is 12.2. The molecule has 1 amide bonds. The van der Waals surface area contributed by atoms with Gasteiger partial charge in [-0.1, -0.05) is 12.5 Å². The molecule has 0 aromatic carbocycles. The van der Waals surface area contributed by atoms with Crippen LogP contribution in [0.1, 0.15) is 40.0 Å². The fourth-order valence-corrected chi connectivity index (χ4v) is 7.03. The molecule has 0 spiro atoms. The maximum absolute atomic E-state index is 12.2. The molecule has 0 bridgehead atoms. The van der Waals surface area contributed by atoms with Crippen LogP contribution in [0.25, 0.3) is 0 Å². The van der Waals surface area contributed by atoms with E-state index in [9.17, 15) is 24.9 Å². The lowest BCUT2D eigenvalue weighted by Gasteiger charge is -2.38. The van der Waals surface area contributed by atoms with Crippen LogP contribution in [0.4, 0.5) is 0 Å². The van der Waals surface area contributed by atoms with Gasteiger partial charge < -0.3 is 30.1 Å². The van der Waals surface area contributed by atoms with Crippen molar-refractivity contribution >= 4 is 35.2 Å². The third kappa shape index (κ3) is 7.68. The monoisotopic (exact) mass is 503 g/mol. The molecular weight excluding hydrogens is 466 g/mol. The summed E-state index contributed by atoms with van der Waals surface area (Å²) in [5.74, 6) is 1.39. The normalized spacial score (nSPS) is 35.0. The van der Waals surface area contributed by atoms with Gasteiger partial charge in [0.05, 0.1) is 43.7 Å². The van der Waals surface area contributed by atoms with E-state index in [0.29, 0.717) is 25.0 Å². The van der Waals surface area contributed by atoms with E-state index in [1.54, 1.807) is 37.4 Å². The highest BCUT2D eigenvalue weighted by molar-refractivity contribution is 8.18. The Balaban J connectivity index is 1.41. The predicted octanol–water partition coefficient (Wildman–Crippen LogP) is 1.12. The summed E-state index contributed by atoms with van der Waals surface area (Å²) in [7, 11) is 0. The van der Waals surface area contributed by atoms with E-state index >= 15 is 0 Å². The van der Waals surface area contributed by atoms with E-state index in [-0.39, 0.29) is 46.9 Å². The Hall–Kier alpha value is -0.620. The van der Waals surface area contributed by atoms with Crippen molar-refractivity contribution in [2.24, 2.45) is 11.8 Å². The van der Waals surface area contributed by atoms with Crippen molar-refractivity contribution in [3.63, 3.8) is 0 Å². The van der Waals surface area contributed by atoms with E-state index < -0.39 is 24.4 Å². The Kier molecular flexibility index (Phi) is 10.1. The second kappa shape index (κ2) is 12.4. The number of epoxide rings is 1. The van der Waals surface area contributed by atoms with Crippen molar-refractivity contribution in [1.29, 1.82) is 0 Å². The molecule has 0 saturated carbocycles. The minimum Gasteiger partial charge on any atom is -0.393 e. The summed E-state index contributed by atoms with van der Waals surface area (Å²) in [4.78, 5) is 24.4. The molecule has 0 radical (unpaired) electrons. The van der Waals surface area contributed by atoms with Crippen LogP contribution in [0.15, 0.2) is 11.6 Å². The number of hydrogen-bond donors (Lipinski definition) is 4. The molecule has 3 aliphatic rings. The largest absolute Gasteiger partial charge is 0.393 e. The third-order valence-electron chi connectivity index (χ3n) is 6.60. The lowest BCUT2D eigenvalue weighted by atomic mass is 9.85. The van der Waals surface area contributed by atoms with Gasteiger partial charge in [0.2, 0.25) is 5.91 Å². The number of thioether (sulfide) groups is 2. The number of nitrogens with one attached hydrogen (secondary N) is 1. The maximum Gasteiger partial charge on any atom is 0.244 e. The number of amides is 1. The standard InChI is InChI=1S/C23H37NO7S2/c1-12(8-19(27)24-10-16(26)23-32-5-4-6-33-23)7-17-21(29)20(28)15(11-30-17)9-18-22(31-18)13(2)14(3)25/h8,13-15,17-18,20-23,25,28-29H,4-7,9-11H2,1-3H3,(H,24,27)/b12-8+/t13-,14-,15-,17-,18-,20+,21-,22-/m0/s1. The first-order chi connectivity index (χ1) is 15.7. The van der Waals surface area contributed by atoms with Gasteiger partial charge in [-0.15, -0.1) is 23.5 Å². The molecule has 4 N–H and O–H groups in total. The SMILES string of the molecule is C/C(=C\C(=O)NCC(=O)C1SCCCS1)C[C@@H]1OC[C@H](C[C@@H]2O[C@H]2[C@@H](C)[C@H](C)O)[C@@H](O)[C@H]1O. The molecule has 33 heavy (non-hydrogen) atoms. The molecular formula is C23H37NO7S2. The van der Waals surface area contributed by atoms with Crippen molar-refractivity contribution in [2.45, 2.75) is 81.2 Å². The van der Waals surface area contributed by atoms with E-state index in [1.807, 2.05) is 6.92 Å². The number of carbonyl (C=O) groups is 2. The van der Waals surface area contributed by atoms with Crippen molar-refractivity contribution in [3.8, 4) is 0 Å². The van der Waals surface area contributed by atoms with Crippen molar-refractivity contribution in [1.82, 2.24) is 5.32 Å². The van der Waals surface area contributed by atoms with E-state index in [1.165, 1.54) is 6.08 Å². The minimum absolute atomic E-state index is 0.00807. The van der Waals surface area contributed by atoms with Crippen LogP contribution in [0, 0.1) is 11.8 Å². The summed E-state index contributed by atoms with van der Waals surface area (Å²) in [6.45, 7) is 5.74. The molecule has 0 unspecified atom stereocenters. The average Bonchev–Trinajstić information content (AvgIpc) is 3.56. The first kappa shape index (κ1) is 27.0. The summed E-state index contributed by atoms with van der Waals surface area (Å²) in [6, 6.07) is 0. The van der Waals surface area contributed by atoms with Gasteiger partial charge in [-0.2, -0.15) is 0 Å². The molecule has 10 heteroatoms. The van der Waals surface area contributed by atoms with Crippen molar-refractivity contribution in [3.05, 3.63) is 11.6 Å². The zero-order chi connectivity index (χ0) is 24.1. The zero-order valence-electron chi connectivity index (χ0n) is 19.5. The van der Waals surface area contributed by atoms with Crippen LogP contribution < -0.4 is 5.32 Å². The lowest BCUT2D eigenvalue weighted by Crippen LogP contribution is -2.50. The van der Waals surface area contributed by atoms with Gasteiger partial charge in [-0.25, -0.2) is 0 Å². The molecule has 0 aliphatic carbocycles. The average molecular weight is 504 g/mol. The second-order valence-electron chi connectivity index (χ2n) is 9.39. The second-order valence-corrected chi connectivity index (χ2v) is 12.1. The molecule has 8 atom stereocenters. The molecule has 8 nitrogen and oxygen atoms in total. The number of ether oxygens (including phenoxy) is 2. The summed E-state index contributed by atoms with van der Waals surface area (Å²) in [5, 5.41) is 33.5. The van der Waals surface area contributed by atoms with Crippen LogP contribution >= 0.6 is 23.5 Å². The van der Waals surface area contributed by atoms with Gasteiger partial charge in [0, 0.05) is 17.9 Å². The van der Waals surface area contributed by atoms with Gasteiger partial charge >= 0.3 is 0 Å². The van der Waals surface area contributed by atoms with Crippen LogP contribution in [0.2, 0.25) is 0 Å². The van der Waals surface area contributed by atoms with Crippen LogP contribution in [0.5, 0.6) is 0 Å². The van der Waals surface area contributed by atoms with Gasteiger partial charge in [0.1, 0.15) is 10.7 Å². The van der Waals surface area contributed by atoms with Crippen LogP contribution in [0.3, 0.4) is 0 Å². The van der Waals surface area contributed by atoms with Gasteiger partial charge in [-0.3, -0.25) is 9.59 Å². The molecule has 3 fully saturated rings. The highest BCUT2D eigenvalue weighted by Gasteiger charge is 2.48. The number of aliphatic hydroxyl groups excluding tert-OH is 3. The van der Waals surface area contributed by atoms with Gasteiger partial charge in [0.15, 0.2) is 5.78 Å². The molecule has 0 aromatic rings. The summed E-state index contributed by atoms with van der Waals surface area (Å²) in [5.41, 5.74) is 0.701. The predicted molar refractivity (Wildman–Crippen MR) is 129 cm³/mol. The highest BCUT2D eigenvalue weighted by Crippen LogP contribution is 2.38. The Bertz CT molecular complexity index is 713. The molecule has 3 saturated heterocycles. The topological polar surface area (TPSA) is 129 Å². The highest BCUT2D eigenvalue weighted by atomic mass is 32.2. The Morgan fingerprint density at radius 3 is 2.52 bits per heavy atom. The van der Waals surface area contributed by atoms with Crippen molar-refractivity contribution in [2.75, 3.05) is 24.7 Å². The van der Waals surface area contributed by atoms with Gasteiger partial charge in [0.25, 0.3) is 0 Å². The number of hydrogen-bond acceptors (Lipinski definition) is 9. The fourth-order valence-electron chi connectivity index (χ4n) is 4.29. The van der Waals surface area contributed by atoms with E-state index in [0.717, 1.165) is 17.9 Å². The minimum atomic E-state index is -1.07. The zero-order valence-corrected chi connectivity index (χ0v) is 21.1. The molecule has 3 rings (SSSR count). The first-order valence-corrected chi connectivity index (χ1v) is 13.8. The lowest BCUT2D eigenvalue weighted by molar-refractivity contribution is -0.165. The number of ketones is 1. The Labute approximate surface area is 204 Å². The number of Topliss-reactive ketones (excluding diaryl/α,β-unsaturated/α-hetero) is 1. The number of carbonyl (C=O) groups excluding carboxylic acids is 2. The molecule has 0 aromatic heterocycles. The van der Waals surface area contributed by atoms with Crippen LogP contribution in [-0.2, 0) is 19.1 Å². The molecule has 3 aliphatic heterocycles. The number of rotatable bonds is 10. The fraction of sp³-hybridized carbons (Fsp3) is 0.826. The quantitative estimate of drug-likeness (QED) is 0.256. The molecule has 3 heterocycles. The number of aliphatic hydroxyl groups is 3. The summed E-state index contributed by atoms with van der Waals surface area (Å²) < 4.78 is 11.4. The summed E-state index contributed by atoms with van der Waals surface area (Å²) >= 11 is 3.26. The van der Waals surface area contributed by atoms with Gasteiger partial charge in [-0.05, 0) is 44.6 Å². The Morgan fingerprint density at radius 1 is 1.15 bits per heavy atom. The molecule has 188 valence electrons.